The molecule has 1 aliphatic rings. The fraction of sp³-hybridized carbons (Fsp3) is 0.400. The summed E-state index contributed by atoms with van der Waals surface area (Å²) >= 11 is 0. The van der Waals surface area contributed by atoms with Crippen LogP contribution in [0, 0.1) is 6.07 Å². The third-order valence-electron chi connectivity index (χ3n) is 2.08. The van der Waals surface area contributed by atoms with E-state index in [1.807, 2.05) is 18.2 Å². The Labute approximate surface area is 72.8 Å². The van der Waals surface area contributed by atoms with Gasteiger partial charge in [0.25, 0.3) is 0 Å². The molecule has 1 heterocycles. The van der Waals surface area contributed by atoms with E-state index in [0.717, 1.165) is 25.4 Å². The molecule has 1 aromatic carbocycles. The number of rotatable bonds is 0. The van der Waals surface area contributed by atoms with E-state index in [0.29, 0.717) is 0 Å². The molecule has 1 radical (unpaired) electrons. The van der Waals surface area contributed by atoms with Gasteiger partial charge in [0, 0.05) is 18.7 Å². The van der Waals surface area contributed by atoms with Crippen LogP contribution in [0.2, 0.25) is 0 Å². The minimum absolute atomic E-state index is 0.785. The Morgan fingerprint density at radius 2 is 2.50 bits per heavy atom. The fourth-order valence-corrected chi connectivity index (χ4v) is 1.40. The topological polar surface area (TPSA) is 12.5 Å². The summed E-state index contributed by atoms with van der Waals surface area (Å²) in [6.07, 6.45) is 0. The van der Waals surface area contributed by atoms with Crippen LogP contribution in [0.4, 0.5) is 0 Å². The van der Waals surface area contributed by atoms with Crippen molar-refractivity contribution < 1.29 is 4.74 Å². The van der Waals surface area contributed by atoms with Gasteiger partial charge < -0.3 is 4.74 Å². The first-order chi connectivity index (χ1) is 5.86. The van der Waals surface area contributed by atoms with Gasteiger partial charge in [0.15, 0.2) is 0 Å². The Kier molecular flexibility index (Phi) is 2.00. The molecule has 0 aromatic heterocycles. The van der Waals surface area contributed by atoms with Crippen molar-refractivity contribution in [1.29, 1.82) is 0 Å². The number of fused-ring (bicyclic) bond motifs is 1. The van der Waals surface area contributed by atoms with Gasteiger partial charge in [-0.15, -0.1) is 0 Å². The Morgan fingerprint density at radius 3 is 3.42 bits per heavy atom. The SMILES string of the molecule is CN1CCOc2cc[c]cc2C1. The number of benzene rings is 1. The van der Waals surface area contributed by atoms with Crippen LogP contribution in [0.3, 0.4) is 0 Å². The van der Waals surface area contributed by atoms with Gasteiger partial charge in [0.05, 0.1) is 0 Å². The molecule has 0 aliphatic carbocycles. The van der Waals surface area contributed by atoms with Crippen molar-refractivity contribution in [2.45, 2.75) is 6.54 Å². The number of ether oxygens (including phenoxy) is 1. The van der Waals surface area contributed by atoms with Crippen LogP contribution in [0.15, 0.2) is 18.2 Å². The molecule has 0 fully saturated rings. The zero-order chi connectivity index (χ0) is 8.39. The van der Waals surface area contributed by atoms with Crippen LogP contribution in [-0.4, -0.2) is 25.1 Å². The summed E-state index contributed by atoms with van der Waals surface area (Å²) in [7, 11) is 2.10. The first kappa shape index (κ1) is 7.62. The highest BCUT2D eigenvalue weighted by Gasteiger charge is 2.10. The maximum absolute atomic E-state index is 5.56. The lowest BCUT2D eigenvalue weighted by Gasteiger charge is -2.10. The first-order valence-electron chi connectivity index (χ1n) is 4.16. The summed E-state index contributed by atoms with van der Waals surface area (Å²) < 4.78 is 5.56. The summed E-state index contributed by atoms with van der Waals surface area (Å²) in [5.74, 6) is 1.01. The molecule has 12 heavy (non-hydrogen) atoms. The quantitative estimate of drug-likeness (QED) is 0.570. The Bertz CT molecular complexity index is 272. The monoisotopic (exact) mass is 162 g/mol. The van der Waals surface area contributed by atoms with Gasteiger partial charge in [-0.1, -0.05) is 6.07 Å². The molecular formula is C10H12NO. The largest absolute Gasteiger partial charge is 0.492 e. The van der Waals surface area contributed by atoms with Crippen LogP contribution in [0.25, 0.3) is 0 Å². The summed E-state index contributed by atoms with van der Waals surface area (Å²) in [5.41, 5.74) is 1.23. The lowest BCUT2D eigenvalue weighted by molar-refractivity contribution is 0.259. The van der Waals surface area contributed by atoms with Gasteiger partial charge in [0.2, 0.25) is 0 Å². The molecule has 2 rings (SSSR count). The Hall–Kier alpha value is -1.02. The molecular weight excluding hydrogens is 150 g/mol. The summed E-state index contributed by atoms with van der Waals surface area (Å²) in [4.78, 5) is 2.25. The van der Waals surface area contributed by atoms with E-state index < -0.39 is 0 Å². The molecule has 0 saturated heterocycles. The predicted octanol–water partition coefficient (Wildman–Crippen LogP) is 1.31. The standard InChI is InChI=1S/C10H12NO/c1-11-6-7-12-10-5-3-2-4-9(10)8-11/h3-5H,6-8H2,1H3. The first-order valence-corrected chi connectivity index (χ1v) is 4.16. The van der Waals surface area contributed by atoms with Crippen LogP contribution < -0.4 is 4.74 Å². The summed E-state index contributed by atoms with van der Waals surface area (Å²) in [6, 6.07) is 8.93. The summed E-state index contributed by atoms with van der Waals surface area (Å²) in [5, 5.41) is 0. The lowest BCUT2D eigenvalue weighted by Crippen LogP contribution is -2.20. The minimum atomic E-state index is 0.785. The van der Waals surface area contributed by atoms with Crippen molar-refractivity contribution in [3.05, 3.63) is 29.8 Å². The van der Waals surface area contributed by atoms with Gasteiger partial charge in [0.1, 0.15) is 12.4 Å². The maximum atomic E-state index is 5.56. The molecule has 63 valence electrons. The van der Waals surface area contributed by atoms with E-state index in [1.54, 1.807) is 0 Å². The Morgan fingerprint density at radius 1 is 1.58 bits per heavy atom. The second-order valence-electron chi connectivity index (χ2n) is 3.12. The van der Waals surface area contributed by atoms with E-state index in [1.165, 1.54) is 5.56 Å². The van der Waals surface area contributed by atoms with Crippen LogP contribution in [0.5, 0.6) is 5.75 Å². The van der Waals surface area contributed by atoms with E-state index in [4.69, 9.17) is 4.74 Å². The molecule has 2 heteroatoms. The molecule has 2 nitrogen and oxygen atoms in total. The van der Waals surface area contributed by atoms with E-state index in [2.05, 4.69) is 18.0 Å². The molecule has 0 spiro atoms. The molecule has 0 N–H and O–H groups in total. The molecule has 0 unspecified atom stereocenters. The van der Waals surface area contributed by atoms with Crippen LogP contribution in [-0.2, 0) is 6.54 Å². The van der Waals surface area contributed by atoms with E-state index in [9.17, 15) is 0 Å². The highest BCUT2D eigenvalue weighted by Crippen LogP contribution is 2.20. The van der Waals surface area contributed by atoms with Crippen molar-refractivity contribution in [2.24, 2.45) is 0 Å². The van der Waals surface area contributed by atoms with Crippen molar-refractivity contribution in [1.82, 2.24) is 4.90 Å². The molecule has 0 atom stereocenters. The van der Waals surface area contributed by atoms with Crippen LogP contribution >= 0.6 is 0 Å². The fourth-order valence-electron chi connectivity index (χ4n) is 1.40. The van der Waals surface area contributed by atoms with Crippen molar-refractivity contribution in [3.8, 4) is 5.75 Å². The van der Waals surface area contributed by atoms with E-state index in [-0.39, 0.29) is 0 Å². The molecule has 1 aromatic rings. The molecule has 0 bridgehead atoms. The second-order valence-corrected chi connectivity index (χ2v) is 3.12. The van der Waals surface area contributed by atoms with Crippen molar-refractivity contribution in [2.75, 3.05) is 20.2 Å². The average Bonchev–Trinajstić information content (AvgIpc) is 2.25. The van der Waals surface area contributed by atoms with E-state index >= 15 is 0 Å². The average molecular weight is 162 g/mol. The zero-order valence-corrected chi connectivity index (χ0v) is 7.21. The number of nitrogens with zero attached hydrogens (tertiary/aromatic N) is 1. The van der Waals surface area contributed by atoms with Gasteiger partial charge in [-0.05, 0) is 25.2 Å². The number of hydrogen-bond donors (Lipinski definition) is 0. The summed E-state index contributed by atoms with van der Waals surface area (Å²) in [6.45, 7) is 2.74. The lowest BCUT2D eigenvalue weighted by atomic mass is 10.2. The third kappa shape index (κ3) is 1.43. The third-order valence-corrected chi connectivity index (χ3v) is 2.08. The molecule has 0 saturated carbocycles. The zero-order valence-electron chi connectivity index (χ0n) is 7.21. The van der Waals surface area contributed by atoms with Crippen molar-refractivity contribution in [3.63, 3.8) is 0 Å². The highest BCUT2D eigenvalue weighted by molar-refractivity contribution is 5.33. The predicted molar refractivity (Wildman–Crippen MR) is 47.1 cm³/mol. The molecule has 1 aliphatic heterocycles. The minimum Gasteiger partial charge on any atom is -0.492 e. The highest BCUT2D eigenvalue weighted by atomic mass is 16.5. The number of likely N-dealkylation sites (N-methyl/N-ethyl adjacent to an activating group) is 1. The van der Waals surface area contributed by atoms with Gasteiger partial charge in [-0.2, -0.15) is 0 Å². The smallest absolute Gasteiger partial charge is 0.123 e. The van der Waals surface area contributed by atoms with Gasteiger partial charge >= 0.3 is 0 Å². The maximum Gasteiger partial charge on any atom is 0.123 e. The van der Waals surface area contributed by atoms with Crippen molar-refractivity contribution >= 4 is 0 Å². The normalized spacial score (nSPS) is 17.8. The Balaban J connectivity index is 2.31. The van der Waals surface area contributed by atoms with Gasteiger partial charge in [-0.3, -0.25) is 4.90 Å². The molecule has 0 amide bonds. The number of hydrogen-bond acceptors (Lipinski definition) is 2. The van der Waals surface area contributed by atoms with Gasteiger partial charge in [-0.25, -0.2) is 0 Å². The second kappa shape index (κ2) is 3.15. The van der Waals surface area contributed by atoms with Crippen LogP contribution in [0.1, 0.15) is 5.56 Å².